The highest BCUT2D eigenvalue weighted by Gasteiger charge is 2.39. The van der Waals surface area contributed by atoms with Gasteiger partial charge >= 0.3 is 0 Å². The fourth-order valence-corrected chi connectivity index (χ4v) is 2.13. The van der Waals surface area contributed by atoms with Crippen LogP contribution >= 0.6 is 0 Å². The molecule has 1 aliphatic heterocycles. The third-order valence-electron chi connectivity index (χ3n) is 3.36. The molecule has 0 bridgehead atoms. The third-order valence-corrected chi connectivity index (χ3v) is 3.36. The van der Waals surface area contributed by atoms with Gasteiger partial charge in [0.15, 0.2) is 11.3 Å². The number of morpholine rings is 1. The molecule has 1 aromatic rings. The quantitative estimate of drug-likeness (QED) is 0.858. The Hall–Kier alpha value is -1.89. The first kappa shape index (κ1) is 14.5. The van der Waals surface area contributed by atoms with Crippen molar-refractivity contribution in [2.45, 2.75) is 32.3 Å². The number of primary amides is 1. The summed E-state index contributed by atoms with van der Waals surface area (Å²) in [4.78, 5) is 25.2. The zero-order chi connectivity index (χ0) is 14.8. The summed E-state index contributed by atoms with van der Waals surface area (Å²) in [7, 11) is 0. The van der Waals surface area contributed by atoms with Gasteiger partial charge in [-0.15, -0.1) is 0 Å². The molecular formula is C13H19N3O4. The molecule has 0 unspecified atom stereocenters. The number of amides is 2. The first-order chi connectivity index (χ1) is 9.46. The number of rotatable bonds is 4. The Labute approximate surface area is 117 Å². The molecule has 2 heterocycles. The molecule has 1 aliphatic rings. The van der Waals surface area contributed by atoms with Crippen LogP contribution in [-0.2, 0) is 16.0 Å². The number of aromatic nitrogens is 1. The Balaban J connectivity index is 2.10. The summed E-state index contributed by atoms with van der Waals surface area (Å²) in [6, 6.07) is 1.64. The molecular weight excluding hydrogens is 262 g/mol. The normalized spacial score (nSPS) is 22.8. The Morgan fingerprint density at radius 1 is 1.55 bits per heavy atom. The fraction of sp³-hybridized carbons (Fsp3) is 0.615. The lowest BCUT2D eigenvalue weighted by atomic mass is 10.0. The summed E-state index contributed by atoms with van der Waals surface area (Å²) in [6.45, 7) is 4.39. The second kappa shape index (κ2) is 5.62. The third kappa shape index (κ3) is 2.82. The molecule has 7 heteroatoms. The zero-order valence-electron chi connectivity index (χ0n) is 11.7. The molecule has 0 aliphatic carbocycles. The van der Waals surface area contributed by atoms with E-state index < -0.39 is 11.5 Å². The van der Waals surface area contributed by atoms with Gasteiger partial charge in [-0.2, -0.15) is 0 Å². The van der Waals surface area contributed by atoms with E-state index in [1.165, 1.54) is 4.90 Å². The van der Waals surface area contributed by atoms with Gasteiger partial charge in [-0.3, -0.25) is 9.59 Å². The van der Waals surface area contributed by atoms with Crippen LogP contribution in [0.15, 0.2) is 10.6 Å². The van der Waals surface area contributed by atoms with Gasteiger partial charge in [-0.05, 0) is 13.3 Å². The molecule has 110 valence electrons. The number of ether oxygens (including phenoxy) is 1. The van der Waals surface area contributed by atoms with E-state index in [-0.39, 0.29) is 24.8 Å². The van der Waals surface area contributed by atoms with Crippen LogP contribution in [0.5, 0.6) is 0 Å². The number of aryl methyl sites for hydroxylation is 1. The molecule has 20 heavy (non-hydrogen) atoms. The van der Waals surface area contributed by atoms with Crippen molar-refractivity contribution >= 4 is 11.8 Å². The average molecular weight is 281 g/mol. The van der Waals surface area contributed by atoms with Crippen LogP contribution in [0, 0.1) is 0 Å². The lowest BCUT2D eigenvalue weighted by Crippen LogP contribution is -2.58. The smallest absolute Gasteiger partial charge is 0.276 e. The maximum absolute atomic E-state index is 12.3. The van der Waals surface area contributed by atoms with Crippen LogP contribution < -0.4 is 5.73 Å². The van der Waals surface area contributed by atoms with Crippen molar-refractivity contribution in [3.63, 3.8) is 0 Å². The molecule has 2 amide bonds. The van der Waals surface area contributed by atoms with Gasteiger partial charge in [0.2, 0.25) is 0 Å². The van der Waals surface area contributed by atoms with Crippen molar-refractivity contribution in [1.82, 2.24) is 10.1 Å². The summed E-state index contributed by atoms with van der Waals surface area (Å²) in [5.74, 6) is -0.171. The first-order valence-corrected chi connectivity index (χ1v) is 6.65. The predicted molar refractivity (Wildman–Crippen MR) is 70.0 cm³/mol. The first-order valence-electron chi connectivity index (χ1n) is 6.65. The fourth-order valence-electron chi connectivity index (χ4n) is 2.13. The molecule has 1 saturated heterocycles. The maximum atomic E-state index is 12.3. The van der Waals surface area contributed by atoms with Crippen LogP contribution in [0.25, 0.3) is 0 Å². The molecule has 1 atom stereocenters. The van der Waals surface area contributed by atoms with Gasteiger partial charge in [0, 0.05) is 19.0 Å². The molecule has 1 fully saturated rings. The molecule has 1 aromatic heterocycles. The highest BCUT2D eigenvalue weighted by atomic mass is 16.5. The second-order valence-corrected chi connectivity index (χ2v) is 5.10. The van der Waals surface area contributed by atoms with E-state index in [1.54, 1.807) is 13.0 Å². The van der Waals surface area contributed by atoms with E-state index >= 15 is 0 Å². The van der Waals surface area contributed by atoms with Crippen molar-refractivity contribution in [2.75, 3.05) is 19.7 Å². The summed E-state index contributed by atoms with van der Waals surface area (Å²) in [5, 5.41) is 3.78. The van der Waals surface area contributed by atoms with Crippen molar-refractivity contribution in [3.8, 4) is 0 Å². The highest BCUT2D eigenvalue weighted by molar-refractivity contribution is 5.93. The lowest BCUT2D eigenvalue weighted by molar-refractivity contribution is -0.150. The van der Waals surface area contributed by atoms with E-state index in [9.17, 15) is 9.59 Å². The van der Waals surface area contributed by atoms with Gasteiger partial charge in [-0.25, -0.2) is 0 Å². The number of carbonyl (C=O) groups is 2. The van der Waals surface area contributed by atoms with Gasteiger partial charge in [0.1, 0.15) is 5.76 Å². The van der Waals surface area contributed by atoms with E-state index in [0.29, 0.717) is 12.3 Å². The van der Waals surface area contributed by atoms with Crippen LogP contribution in [-0.4, -0.2) is 47.2 Å². The van der Waals surface area contributed by atoms with Crippen LogP contribution in [0.3, 0.4) is 0 Å². The van der Waals surface area contributed by atoms with Crippen molar-refractivity contribution in [2.24, 2.45) is 5.73 Å². The van der Waals surface area contributed by atoms with E-state index in [4.69, 9.17) is 15.0 Å². The zero-order valence-corrected chi connectivity index (χ0v) is 11.7. The van der Waals surface area contributed by atoms with Crippen molar-refractivity contribution in [3.05, 3.63) is 17.5 Å². The predicted octanol–water partition coefficient (Wildman–Crippen LogP) is 0.344. The minimum atomic E-state index is -1.15. The number of nitrogens with zero attached hydrogens (tertiary/aromatic N) is 2. The maximum Gasteiger partial charge on any atom is 0.276 e. The SMILES string of the molecule is CCCc1cc(C(=O)N2CCO[C@@](C)(C(N)=O)C2)no1. The molecule has 0 saturated carbocycles. The topological polar surface area (TPSA) is 98.7 Å². The second-order valence-electron chi connectivity index (χ2n) is 5.10. The molecule has 2 N–H and O–H groups in total. The average Bonchev–Trinajstić information content (AvgIpc) is 2.87. The number of carbonyl (C=O) groups excluding carboxylic acids is 2. The Bertz CT molecular complexity index is 513. The van der Waals surface area contributed by atoms with E-state index in [1.807, 2.05) is 6.92 Å². The monoisotopic (exact) mass is 281 g/mol. The lowest BCUT2D eigenvalue weighted by Gasteiger charge is -2.37. The standard InChI is InChI=1S/C13H19N3O4/c1-3-4-9-7-10(15-20-9)11(17)16-5-6-19-13(2,8-16)12(14)18/h7H,3-6,8H2,1-2H3,(H2,14,18)/t13-/m1/s1. The van der Waals surface area contributed by atoms with Crippen LogP contribution in [0.2, 0.25) is 0 Å². The van der Waals surface area contributed by atoms with Crippen LogP contribution in [0.4, 0.5) is 0 Å². The summed E-state index contributed by atoms with van der Waals surface area (Å²) >= 11 is 0. The van der Waals surface area contributed by atoms with E-state index in [2.05, 4.69) is 5.16 Å². The van der Waals surface area contributed by atoms with Gasteiger partial charge in [0.25, 0.3) is 11.8 Å². The van der Waals surface area contributed by atoms with Gasteiger partial charge in [0.05, 0.1) is 13.2 Å². The number of hydrogen-bond acceptors (Lipinski definition) is 5. The Kier molecular flexibility index (Phi) is 4.08. The minimum Gasteiger partial charge on any atom is -0.367 e. The van der Waals surface area contributed by atoms with Crippen molar-refractivity contribution in [1.29, 1.82) is 0 Å². The Morgan fingerprint density at radius 3 is 2.95 bits per heavy atom. The largest absolute Gasteiger partial charge is 0.367 e. The summed E-state index contributed by atoms with van der Waals surface area (Å²) in [6.07, 6.45) is 1.66. The molecule has 0 spiro atoms. The van der Waals surface area contributed by atoms with E-state index in [0.717, 1.165) is 12.8 Å². The number of hydrogen-bond donors (Lipinski definition) is 1. The number of nitrogens with two attached hydrogens (primary N) is 1. The Morgan fingerprint density at radius 2 is 2.30 bits per heavy atom. The molecule has 7 nitrogen and oxygen atoms in total. The molecule has 0 radical (unpaired) electrons. The minimum absolute atomic E-state index is 0.122. The van der Waals surface area contributed by atoms with Gasteiger partial charge < -0.3 is 19.9 Å². The van der Waals surface area contributed by atoms with Crippen molar-refractivity contribution < 1.29 is 18.8 Å². The molecule has 0 aromatic carbocycles. The summed E-state index contributed by atoms with van der Waals surface area (Å²) < 4.78 is 10.5. The molecule has 2 rings (SSSR count). The highest BCUT2D eigenvalue weighted by Crippen LogP contribution is 2.19. The van der Waals surface area contributed by atoms with Crippen LogP contribution in [0.1, 0.15) is 36.5 Å². The van der Waals surface area contributed by atoms with Gasteiger partial charge in [-0.1, -0.05) is 12.1 Å². The summed E-state index contributed by atoms with van der Waals surface area (Å²) in [5.41, 5.74) is 4.41.